The third-order valence-electron chi connectivity index (χ3n) is 4.11. The molecule has 0 radical (unpaired) electrons. The van der Waals surface area contributed by atoms with Crippen LogP contribution in [0.1, 0.15) is 24.5 Å². The zero-order chi connectivity index (χ0) is 17.8. The van der Waals surface area contributed by atoms with E-state index >= 15 is 0 Å². The summed E-state index contributed by atoms with van der Waals surface area (Å²) in [6.45, 7) is 1.96. The molecular formula is C18H22N4O3. The lowest BCUT2D eigenvalue weighted by Crippen LogP contribution is -2.41. The Hall–Kier alpha value is -2.83. The van der Waals surface area contributed by atoms with Crippen LogP contribution in [0.2, 0.25) is 0 Å². The Balaban J connectivity index is 1.54. The van der Waals surface area contributed by atoms with Gasteiger partial charge in [0.25, 0.3) is 5.91 Å². The number of rotatable bonds is 6. The molecule has 2 atom stereocenters. The predicted octanol–water partition coefficient (Wildman–Crippen LogP) is 1.67. The monoisotopic (exact) mass is 342 g/mol. The molecule has 1 aromatic carbocycles. The van der Waals surface area contributed by atoms with Gasteiger partial charge in [-0.1, -0.05) is 23.4 Å². The molecule has 1 N–H and O–H groups in total. The highest BCUT2D eigenvalue weighted by molar-refractivity contribution is 6.03. The lowest BCUT2D eigenvalue weighted by atomic mass is 10.0. The topological polar surface area (TPSA) is 77.7 Å². The molecule has 0 saturated heterocycles. The van der Waals surface area contributed by atoms with Gasteiger partial charge in [-0.25, -0.2) is 0 Å². The van der Waals surface area contributed by atoms with E-state index < -0.39 is 6.10 Å². The van der Waals surface area contributed by atoms with Crippen LogP contribution in [0.5, 0.6) is 5.75 Å². The van der Waals surface area contributed by atoms with E-state index in [2.05, 4.69) is 15.6 Å². The maximum Gasteiger partial charge on any atom is 0.264 e. The fourth-order valence-corrected chi connectivity index (χ4v) is 2.85. The summed E-state index contributed by atoms with van der Waals surface area (Å²) < 4.78 is 7.05. The Morgan fingerprint density at radius 3 is 3.00 bits per heavy atom. The van der Waals surface area contributed by atoms with Gasteiger partial charge in [-0.3, -0.25) is 9.48 Å². The summed E-state index contributed by atoms with van der Waals surface area (Å²) >= 11 is 0. The molecule has 0 aliphatic carbocycles. The Kier molecular flexibility index (Phi) is 5.02. The van der Waals surface area contributed by atoms with Crippen LogP contribution in [0.15, 0.2) is 41.8 Å². The maximum atomic E-state index is 12.4. The van der Waals surface area contributed by atoms with Crippen molar-refractivity contribution in [1.82, 2.24) is 15.1 Å². The van der Waals surface area contributed by atoms with Crippen molar-refractivity contribution >= 4 is 11.6 Å². The normalized spacial score (nSPS) is 17.6. The third kappa shape index (κ3) is 3.99. The molecule has 2 heterocycles. The van der Waals surface area contributed by atoms with E-state index in [9.17, 15) is 4.79 Å². The number of nitrogens with one attached hydrogen (secondary N) is 1. The Bertz CT molecular complexity index is 784. The molecule has 1 aliphatic heterocycles. The quantitative estimate of drug-likeness (QED) is 0.866. The minimum absolute atomic E-state index is 0.0464. The van der Waals surface area contributed by atoms with Gasteiger partial charge >= 0.3 is 0 Å². The smallest absolute Gasteiger partial charge is 0.264 e. The number of benzene rings is 1. The van der Waals surface area contributed by atoms with Crippen LogP contribution < -0.4 is 10.1 Å². The number of ether oxygens (including phenoxy) is 1. The van der Waals surface area contributed by atoms with Gasteiger partial charge in [-0.15, -0.1) is 0 Å². The van der Waals surface area contributed by atoms with Gasteiger partial charge in [0.1, 0.15) is 5.75 Å². The lowest BCUT2D eigenvalue weighted by molar-refractivity contribution is -0.131. The molecule has 7 nitrogen and oxygen atoms in total. The molecule has 0 fully saturated rings. The maximum absolute atomic E-state index is 12.4. The molecule has 2 aromatic rings. The fraction of sp³-hybridized carbons (Fsp3) is 0.389. The second-order valence-electron chi connectivity index (χ2n) is 6.16. The first-order valence-electron chi connectivity index (χ1n) is 8.20. The Morgan fingerprint density at radius 1 is 1.48 bits per heavy atom. The summed E-state index contributed by atoms with van der Waals surface area (Å²) in [6, 6.07) is 7.75. The summed E-state index contributed by atoms with van der Waals surface area (Å²) in [5, 5.41) is 11.1. The highest BCUT2D eigenvalue weighted by Gasteiger charge is 2.30. The molecule has 0 bridgehead atoms. The van der Waals surface area contributed by atoms with E-state index in [4.69, 9.17) is 9.57 Å². The molecule has 1 aliphatic rings. The Labute approximate surface area is 146 Å². The zero-order valence-corrected chi connectivity index (χ0v) is 14.6. The number of carbonyl (C=O) groups excluding carboxylic acids is 1. The molecule has 7 heteroatoms. The Morgan fingerprint density at radius 2 is 2.28 bits per heavy atom. The van der Waals surface area contributed by atoms with Gasteiger partial charge in [-0.2, -0.15) is 5.10 Å². The summed E-state index contributed by atoms with van der Waals surface area (Å²) in [6.07, 6.45) is 4.09. The number of aryl methyl sites for hydroxylation is 1. The SMILES string of the molecule is COc1ccccc1C[C@H](C)NC(=O)[C@H]1CC(c2cnn(C)c2)=NO1. The van der Waals surface area contributed by atoms with Crippen LogP contribution in [0.25, 0.3) is 0 Å². The number of oxime groups is 1. The van der Waals surface area contributed by atoms with Crippen LogP contribution in [0, 0.1) is 0 Å². The summed E-state index contributed by atoms with van der Waals surface area (Å²) in [7, 11) is 3.48. The molecule has 0 unspecified atom stereocenters. The first-order chi connectivity index (χ1) is 12.1. The highest BCUT2D eigenvalue weighted by Crippen LogP contribution is 2.20. The molecule has 3 rings (SSSR count). The predicted molar refractivity (Wildman–Crippen MR) is 93.5 cm³/mol. The summed E-state index contributed by atoms with van der Waals surface area (Å²) in [5.74, 6) is 0.660. The van der Waals surface area contributed by atoms with E-state index in [-0.39, 0.29) is 11.9 Å². The van der Waals surface area contributed by atoms with Crippen molar-refractivity contribution in [1.29, 1.82) is 0 Å². The van der Waals surface area contributed by atoms with Crippen LogP contribution in [0.4, 0.5) is 0 Å². The van der Waals surface area contributed by atoms with Crippen LogP contribution in [-0.2, 0) is 23.1 Å². The number of hydrogen-bond acceptors (Lipinski definition) is 5. The number of aromatic nitrogens is 2. The second-order valence-corrected chi connectivity index (χ2v) is 6.16. The fourth-order valence-electron chi connectivity index (χ4n) is 2.85. The average Bonchev–Trinajstić information content (AvgIpc) is 3.24. The lowest BCUT2D eigenvalue weighted by Gasteiger charge is -2.17. The molecule has 1 aromatic heterocycles. The van der Waals surface area contributed by atoms with Crippen molar-refractivity contribution in [3.8, 4) is 5.75 Å². The van der Waals surface area contributed by atoms with Crippen molar-refractivity contribution in [2.24, 2.45) is 12.2 Å². The molecular weight excluding hydrogens is 320 g/mol. The largest absolute Gasteiger partial charge is 0.496 e. The highest BCUT2D eigenvalue weighted by atomic mass is 16.6. The van der Waals surface area contributed by atoms with Crippen molar-refractivity contribution in [3.05, 3.63) is 47.8 Å². The van der Waals surface area contributed by atoms with Crippen molar-refractivity contribution < 1.29 is 14.4 Å². The van der Waals surface area contributed by atoms with E-state index in [1.165, 1.54) is 0 Å². The van der Waals surface area contributed by atoms with E-state index in [0.29, 0.717) is 12.8 Å². The van der Waals surface area contributed by atoms with Gasteiger partial charge in [0, 0.05) is 31.3 Å². The van der Waals surface area contributed by atoms with E-state index in [1.54, 1.807) is 18.0 Å². The van der Waals surface area contributed by atoms with Crippen molar-refractivity contribution in [2.75, 3.05) is 7.11 Å². The molecule has 0 spiro atoms. The first-order valence-corrected chi connectivity index (χ1v) is 8.20. The van der Waals surface area contributed by atoms with Gasteiger partial charge in [0.05, 0.1) is 19.0 Å². The number of hydrogen-bond donors (Lipinski definition) is 1. The standard InChI is InChI=1S/C18H22N4O3/c1-12(8-13-6-4-5-7-16(13)24-3)20-18(23)17-9-15(21-25-17)14-10-19-22(2)11-14/h4-7,10-12,17H,8-9H2,1-3H3,(H,20,23)/t12-,17+/m0/s1. The number of methoxy groups -OCH3 is 1. The van der Waals surface area contributed by atoms with E-state index in [0.717, 1.165) is 22.6 Å². The molecule has 132 valence electrons. The van der Waals surface area contributed by atoms with Gasteiger partial charge in [0.2, 0.25) is 6.10 Å². The third-order valence-corrected chi connectivity index (χ3v) is 4.11. The minimum Gasteiger partial charge on any atom is -0.496 e. The molecule has 25 heavy (non-hydrogen) atoms. The first kappa shape index (κ1) is 17.0. The number of nitrogens with zero attached hydrogens (tertiary/aromatic N) is 3. The van der Waals surface area contributed by atoms with Crippen molar-refractivity contribution in [2.45, 2.75) is 31.9 Å². The van der Waals surface area contributed by atoms with Crippen LogP contribution in [-0.4, -0.2) is 40.7 Å². The molecule has 0 saturated carbocycles. The minimum atomic E-state index is -0.602. The van der Waals surface area contributed by atoms with Gasteiger partial charge in [-0.05, 0) is 25.0 Å². The summed E-state index contributed by atoms with van der Waals surface area (Å²) in [5.41, 5.74) is 2.67. The van der Waals surface area contributed by atoms with Crippen molar-refractivity contribution in [3.63, 3.8) is 0 Å². The van der Waals surface area contributed by atoms with Crippen LogP contribution >= 0.6 is 0 Å². The number of para-hydroxylation sites is 1. The number of carbonyl (C=O) groups is 1. The van der Waals surface area contributed by atoms with Crippen LogP contribution in [0.3, 0.4) is 0 Å². The second kappa shape index (κ2) is 7.38. The van der Waals surface area contributed by atoms with Gasteiger partial charge < -0.3 is 14.9 Å². The zero-order valence-electron chi connectivity index (χ0n) is 14.6. The average molecular weight is 342 g/mol. The summed E-state index contributed by atoms with van der Waals surface area (Å²) in [4.78, 5) is 17.7. The number of amides is 1. The van der Waals surface area contributed by atoms with E-state index in [1.807, 2.05) is 44.4 Å². The van der Waals surface area contributed by atoms with Gasteiger partial charge in [0.15, 0.2) is 0 Å². The molecule has 1 amide bonds.